The van der Waals surface area contributed by atoms with E-state index in [1.54, 1.807) is 54.6 Å². The van der Waals surface area contributed by atoms with E-state index in [4.69, 9.17) is 20.8 Å². The van der Waals surface area contributed by atoms with Gasteiger partial charge in [-0.05, 0) is 42.0 Å². The smallest absolute Gasteiger partial charge is 0.243 e. The van der Waals surface area contributed by atoms with E-state index in [9.17, 15) is 8.42 Å². The fourth-order valence-corrected chi connectivity index (χ4v) is 4.17. The summed E-state index contributed by atoms with van der Waals surface area (Å²) in [5.41, 5.74) is 1.14. The predicted molar refractivity (Wildman–Crippen MR) is 113 cm³/mol. The van der Waals surface area contributed by atoms with Gasteiger partial charge in [-0.25, -0.2) is 8.42 Å². The first kappa shape index (κ1) is 20.0. The Hall–Kier alpha value is -3.30. The topological polar surface area (TPSA) is 99.2 Å². The first-order valence-corrected chi connectivity index (χ1v) is 10.9. The number of sulfonamides is 1. The Balaban J connectivity index is 1.76. The molecule has 0 unspecified atom stereocenters. The molecule has 0 atom stereocenters. The molecule has 0 bridgehead atoms. The van der Waals surface area contributed by atoms with Gasteiger partial charge in [-0.2, -0.15) is 0 Å². The van der Waals surface area contributed by atoms with E-state index < -0.39 is 10.0 Å². The van der Waals surface area contributed by atoms with E-state index in [0.717, 1.165) is 0 Å². The molecule has 0 fully saturated rings. The van der Waals surface area contributed by atoms with Crippen LogP contribution in [0.25, 0.3) is 17.3 Å². The highest BCUT2D eigenvalue weighted by molar-refractivity contribution is 7.91. The summed E-state index contributed by atoms with van der Waals surface area (Å²) in [6, 6.07) is 17.1. The Kier molecular flexibility index (Phi) is 5.47. The number of rotatable bonds is 7. The maximum Gasteiger partial charge on any atom is 0.243 e. The molecule has 0 amide bonds. The van der Waals surface area contributed by atoms with Gasteiger partial charge in [-0.15, -0.1) is 10.2 Å². The monoisotopic (exact) mass is 444 g/mol. The molecule has 4 rings (SSSR count). The quantitative estimate of drug-likeness (QED) is 0.460. The van der Waals surface area contributed by atoms with Crippen LogP contribution < -0.4 is 9.46 Å². The number of nitrogens with zero attached hydrogens (tertiary/aromatic N) is 3. The average Bonchev–Trinajstić information content (AvgIpc) is 3.39. The Morgan fingerprint density at radius 2 is 1.83 bits per heavy atom. The molecule has 0 radical (unpaired) electrons. The molecule has 4 aromatic rings. The largest absolute Gasteiger partial charge is 0.495 e. The third-order valence-corrected chi connectivity index (χ3v) is 5.71. The minimum absolute atomic E-state index is 0.0138. The van der Waals surface area contributed by atoms with Gasteiger partial charge in [0, 0.05) is 5.02 Å². The zero-order valence-corrected chi connectivity index (χ0v) is 17.4. The predicted octanol–water partition coefficient (Wildman–Crippen LogP) is 4.13. The average molecular weight is 445 g/mol. The fourth-order valence-electron chi connectivity index (χ4n) is 2.93. The van der Waals surface area contributed by atoms with Crippen LogP contribution in [-0.2, 0) is 15.8 Å². The van der Waals surface area contributed by atoms with Gasteiger partial charge < -0.3 is 9.15 Å². The minimum atomic E-state index is -3.79. The second-order valence-electron chi connectivity index (χ2n) is 6.32. The lowest BCUT2D eigenvalue weighted by Gasteiger charge is -2.14. The van der Waals surface area contributed by atoms with E-state index in [2.05, 4.69) is 14.9 Å². The molecule has 2 aromatic heterocycles. The first-order valence-electron chi connectivity index (χ1n) is 8.84. The Morgan fingerprint density at radius 3 is 2.53 bits per heavy atom. The first-order chi connectivity index (χ1) is 14.5. The van der Waals surface area contributed by atoms with Crippen molar-refractivity contribution in [3.63, 3.8) is 0 Å². The molecule has 1 N–H and O–H groups in total. The van der Waals surface area contributed by atoms with Crippen molar-refractivity contribution >= 4 is 27.6 Å². The Labute approximate surface area is 178 Å². The van der Waals surface area contributed by atoms with Gasteiger partial charge in [0.1, 0.15) is 5.75 Å². The van der Waals surface area contributed by atoms with Gasteiger partial charge >= 0.3 is 0 Å². The molecular weight excluding hydrogens is 428 g/mol. The van der Waals surface area contributed by atoms with Crippen LogP contribution in [0.4, 0.5) is 5.95 Å². The number of benzene rings is 2. The number of halogens is 1. The molecule has 10 heteroatoms. The lowest BCUT2D eigenvalue weighted by Crippen LogP contribution is -2.18. The van der Waals surface area contributed by atoms with Crippen molar-refractivity contribution in [2.24, 2.45) is 0 Å². The zero-order valence-electron chi connectivity index (χ0n) is 15.8. The van der Waals surface area contributed by atoms with Crippen molar-refractivity contribution in [2.75, 3.05) is 11.8 Å². The molecule has 154 valence electrons. The highest BCUT2D eigenvalue weighted by atomic mass is 35.5. The third-order valence-electron chi connectivity index (χ3n) is 4.25. The summed E-state index contributed by atoms with van der Waals surface area (Å²) in [6.07, 6.45) is 1.50. The Morgan fingerprint density at radius 1 is 1.07 bits per heavy atom. The number of ether oxygens (including phenoxy) is 1. The van der Waals surface area contributed by atoms with Crippen LogP contribution in [0, 0.1) is 0 Å². The number of methoxy groups -OCH3 is 1. The number of furan rings is 1. The summed E-state index contributed by atoms with van der Waals surface area (Å²) in [4.78, 5) is 0. The zero-order chi connectivity index (χ0) is 21.1. The van der Waals surface area contributed by atoms with Crippen LogP contribution in [0.3, 0.4) is 0 Å². The number of aromatic nitrogens is 3. The van der Waals surface area contributed by atoms with Crippen LogP contribution in [0.2, 0.25) is 5.02 Å². The van der Waals surface area contributed by atoms with Crippen LogP contribution >= 0.6 is 11.6 Å². The van der Waals surface area contributed by atoms with Gasteiger partial charge in [-0.1, -0.05) is 35.9 Å². The SMILES string of the molecule is COc1ccccc1-n1c(NS(=O)(=O)Cc2ccc(Cl)cc2)nnc1-c1ccco1. The maximum atomic E-state index is 12.8. The minimum Gasteiger partial charge on any atom is -0.495 e. The van der Waals surface area contributed by atoms with E-state index in [1.165, 1.54) is 17.9 Å². The summed E-state index contributed by atoms with van der Waals surface area (Å²) in [7, 11) is -2.27. The molecule has 2 aromatic carbocycles. The number of hydrogen-bond acceptors (Lipinski definition) is 6. The van der Waals surface area contributed by atoms with Crippen LogP contribution in [-0.4, -0.2) is 30.3 Å². The van der Waals surface area contributed by atoms with Crippen LogP contribution in [0.1, 0.15) is 5.56 Å². The number of hydrogen-bond donors (Lipinski definition) is 1. The highest BCUT2D eigenvalue weighted by Crippen LogP contribution is 2.31. The van der Waals surface area contributed by atoms with Gasteiger partial charge in [-0.3, -0.25) is 9.29 Å². The Bertz CT molecular complexity index is 1250. The van der Waals surface area contributed by atoms with Crippen LogP contribution in [0.5, 0.6) is 5.75 Å². The molecular formula is C20H17ClN4O4S. The normalized spacial score (nSPS) is 11.4. The molecule has 8 nitrogen and oxygen atoms in total. The summed E-state index contributed by atoms with van der Waals surface area (Å²) < 4.78 is 40.6. The van der Waals surface area contributed by atoms with Gasteiger partial charge in [0.15, 0.2) is 5.76 Å². The third kappa shape index (κ3) is 4.17. The van der Waals surface area contributed by atoms with E-state index in [0.29, 0.717) is 33.6 Å². The molecule has 0 saturated heterocycles. The summed E-state index contributed by atoms with van der Waals surface area (Å²) in [5.74, 6) is 1.03. The van der Waals surface area contributed by atoms with Crippen molar-refractivity contribution in [2.45, 2.75) is 5.75 Å². The van der Waals surface area contributed by atoms with Crippen molar-refractivity contribution in [3.05, 3.63) is 77.5 Å². The van der Waals surface area contributed by atoms with E-state index in [1.807, 2.05) is 6.07 Å². The number of anilines is 1. The number of para-hydroxylation sites is 2. The molecule has 2 heterocycles. The van der Waals surface area contributed by atoms with Crippen molar-refractivity contribution in [1.82, 2.24) is 14.8 Å². The molecule has 0 saturated carbocycles. The lowest BCUT2D eigenvalue weighted by atomic mass is 10.2. The second kappa shape index (κ2) is 8.21. The molecule has 30 heavy (non-hydrogen) atoms. The molecule has 0 spiro atoms. The van der Waals surface area contributed by atoms with Gasteiger partial charge in [0.05, 0.1) is 24.8 Å². The molecule has 0 aliphatic rings. The maximum absolute atomic E-state index is 12.8. The standard InChI is InChI=1S/C20H17ClN4O4S/c1-28-17-6-3-2-5-16(17)25-19(18-7-4-12-29-18)22-23-20(25)24-30(26,27)13-14-8-10-15(21)11-9-14/h2-12H,13H2,1H3,(H,23,24). The van der Waals surface area contributed by atoms with E-state index >= 15 is 0 Å². The number of nitrogens with one attached hydrogen (secondary N) is 1. The second-order valence-corrected chi connectivity index (χ2v) is 8.48. The van der Waals surface area contributed by atoms with Crippen LogP contribution in [0.15, 0.2) is 71.3 Å². The molecule has 0 aliphatic heterocycles. The van der Waals surface area contributed by atoms with Crippen molar-refractivity contribution < 1.29 is 17.6 Å². The summed E-state index contributed by atoms with van der Waals surface area (Å²) in [5, 5.41) is 8.71. The lowest BCUT2D eigenvalue weighted by molar-refractivity contribution is 0.413. The van der Waals surface area contributed by atoms with Crippen molar-refractivity contribution in [3.8, 4) is 23.0 Å². The fraction of sp³-hybridized carbons (Fsp3) is 0.100. The summed E-state index contributed by atoms with van der Waals surface area (Å²) in [6.45, 7) is 0. The van der Waals surface area contributed by atoms with E-state index in [-0.39, 0.29) is 11.7 Å². The van der Waals surface area contributed by atoms with Crippen molar-refractivity contribution in [1.29, 1.82) is 0 Å². The van der Waals surface area contributed by atoms with Gasteiger partial charge in [0.25, 0.3) is 0 Å². The summed E-state index contributed by atoms with van der Waals surface area (Å²) >= 11 is 5.87. The van der Waals surface area contributed by atoms with Gasteiger partial charge in [0.2, 0.25) is 21.8 Å². The molecule has 0 aliphatic carbocycles. The highest BCUT2D eigenvalue weighted by Gasteiger charge is 2.23.